The van der Waals surface area contributed by atoms with Gasteiger partial charge in [-0.25, -0.2) is 9.78 Å². The number of amides is 3. The molecule has 2 aliphatic heterocycles. The Morgan fingerprint density at radius 3 is 2.52 bits per heavy atom. The van der Waals surface area contributed by atoms with Gasteiger partial charge in [0.2, 0.25) is 0 Å². The zero-order valence-corrected chi connectivity index (χ0v) is 15.9. The van der Waals surface area contributed by atoms with Crippen LogP contribution in [0.15, 0.2) is 24.5 Å². The lowest BCUT2D eigenvalue weighted by Gasteiger charge is -2.37. The standard InChI is InChI=1S/C20H27N5O2/c1-15-5-10-25-14-17(22-18(25)13-15)19(26)21-16-6-11-24(12-7-16)20(27)23-8-3-2-4-9-23/h5,10,13-14,16H,2-4,6-9,11-12H2,1H3,(H,21,26). The third kappa shape index (κ3) is 3.91. The van der Waals surface area contributed by atoms with E-state index in [9.17, 15) is 9.59 Å². The number of pyridine rings is 1. The van der Waals surface area contributed by atoms with Crippen molar-refractivity contribution in [3.8, 4) is 0 Å². The molecule has 0 bridgehead atoms. The van der Waals surface area contributed by atoms with Crippen molar-refractivity contribution in [1.29, 1.82) is 0 Å². The van der Waals surface area contributed by atoms with Crippen LogP contribution in [0.1, 0.15) is 48.2 Å². The Kier molecular flexibility index (Phi) is 5.01. The van der Waals surface area contributed by atoms with Crippen LogP contribution in [0.3, 0.4) is 0 Å². The number of aryl methyl sites for hydroxylation is 1. The van der Waals surface area contributed by atoms with Crippen LogP contribution in [0.25, 0.3) is 5.65 Å². The molecule has 2 aliphatic rings. The van der Waals surface area contributed by atoms with E-state index in [2.05, 4.69) is 10.3 Å². The second-order valence-corrected chi connectivity index (χ2v) is 7.66. The number of piperidine rings is 2. The van der Waals surface area contributed by atoms with E-state index in [1.165, 1.54) is 6.42 Å². The van der Waals surface area contributed by atoms with Crippen LogP contribution in [-0.2, 0) is 0 Å². The Balaban J connectivity index is 1.31. The first-order valence-corrected chi connectivity index (χ1v) is 9.90. The third-order valence-electron chi connectivity index (χ3n) is 5.58. The zero-order valence-electron chi connectivity index (χ0n) is 15.9. The number of aromatic nitrogens is 2. The molecule has 0 saturated carbocycles. The van der Waals surface area contributed by atoms with Crippen LogP contribution < -0.4 is 5.32 Å². The number of rotatable bonds is 2. The maximum atomic E-state index is 12.6. The van der Waals surface area contributed by atoms with E-state index >= 15 is 0 Å². The predicted molar refractivity (Wildman–Crippen MR) is 103 cm³/mol. The van der Waals surface area contributed by atoms with Gasteiger partial charge in [-0.2, -0.15) is 0 Å². The molecule has 4 heterocycles. The molecule has 2 aromatic rings. The number of likely N-dealkylation sites (tertiary alicyclic amines) is 2. The first kappa shape index (κ1) is 17.8. The number of nitrogens with one attached hydrogen (secondary N) is 1. The van der Waals surface area contributed by atoms with Crippen molar-refractivity contribution in [2.75, 3.05) is 26.2 Å². The van der Waals surface area contributed by atoms with Gasteiger partial charge >= 0.3 is 6.03 Å². The zero-order chi connectivity index (χ0) is 18.8. The monoisotopic (exact) mass is 369 g/mol. The van der Waals surface area contributed by atoms with Crippen LogP contribution in [0, 0.1) is 6.92 Å². The summed E-state index contributed by atoms with van der Waals surface area (Å²) in [4.78, 5) is 33.5. The average Bonchev–Trinajstić information content (AvgIpc) is 3.12. The SMILES string of the molecule is Cc1ccn2cc(C(=O)NC3CCN(C(=O)N4CCCCC4)CC3)nc2c1. The first-order valence-electron chi connectivity index (χ1n) is 9.90. The molecule has 2 aromatic heterocycles. The maximum Gasteiger partial charge on any atom is 0.319 e. The molecule has 144 valence electrons. The summed E-state index contributed by atoms with van der Waals surface area (Å²) in [5.74, 6) is -0.142. The van der Waals surface area contributed by atoms with Gasteiger partial charge in [-0.05, 0) is 56.7 Å². The van der Waals surface area contributed by atoms with Crippen LogP contribution in [0.4, 0.5) is 4.79 Å². The van der Waals surface area contributed by atoms with E-state index in [1.807, 2.05) is 39.5 Å². The van der Waals surface area contributed by atoms with E-state index in [0.717, 1.165) is 50.0 Å². The minimum absolute atomic E-state index is 0.0921. The molecule has 0 unspecified atom stereocenters. The number of hydrogen-bond acceptors (Lipinski definition) is 3. The molecule has 7 nitrogen and oxygen atoms in total. The number of nitrogens with zero attached hydrogens (tertiary/aromatic N) is 4. The predicted octanol–water partition coefficient (Wildman–Crippen LogP) is 2.44. The summed E-state index contributed by atoms with van der Waals surface area (Å²) < 4.78 is 1.86. The van der Waals surface area contributed by atoms with Crippen molar-refractivity contribution in [2.24, 2.45) is 0 Å². The summed E-state index contributed by atoms with van der Waals surface area (Å²) in [6.45, 7) is 5.16. The molecule has 1 N–H and O–H groups in total. The fraction of sp³-hybridized carbons (Fsp3) is 0.550. The van der Waals surface area contributed by atoms with Gasteiger partial charge < -0.3 is 19.5 Å². The summed E-state index contributed by atoms with van der Waals surface area (Å²) >= 11 is 0. The molecular weight excluding hydrogens is 342 g/mol. The highest BCUT2D eigenvalue weighted by molar-refractivity contribution is 5.93. The van der Waals surface area contributed by atoms with Crippen molar-refractivity contribution < 1.29 is 9.59 Å². The van der Waals surface area contributed by atoms with E-state index in [-0.39, 0.29) is 18.0 Å². The minimum atomic E-state index is -0.142. The molecule has 27 heavy (non-hydrogen) atoms. The average molecular weight is 369 g/mol. The molecule has 2 saturated heterocycles. The Labute approximate surface area is 159 Å². The lowest BCUT2D eigenvalue weighted by atomic mass is 10.0. The topological polar surface area (TPSA) is 70.0 Å². The lowest BCUT2D eigenvalue weighted by Crippen LogP contribution is -2.51. The molecular formula is C20H27N5O2. The van der Waals surface area contributed by atoms with Gasteiger partial charge in [0.15, 0.2) is 0 Å². The molecule has 7 heteroatoms. The molecule has 0 aliphatic carbocycles. The van der Waals surface area contributed by atoms with E-state index in [4.69, 9.17) is 0 Å². The molecule has 2 fully saturated rings. The van der Waals surface area contributed by atoms with Crippen molar-refractivity contribution in [2.45, 2.75) is 45.1 Å². The second kappa shape index (κ2) is 7.58. The summed E-state index contributed by atoms with van der Waals surface area (Å²) in [6.07, 6.45) is 8.70. The summed E-state index contributed by atoms with van der Waals surface area (Å²) in [7, 11) is 0. The molecule has 4 rings (SSSR count). The number of imidazole rings is 1. The van der Waals surface area contributed by atoms with Crippen molar-refractivity contribution in [3.63, 3.8) is 0 Å². The van der Waals surface area contributed by atoms with Crippen LogP contribution >= 0.6 is 0 Å². The van der Waals surface area contributed by atoms with Crippen LogP contribution in [0.2, 0.25) is 0 Å². The summed E-state index contributed by atoms with van der Waals surface area (Å²) in [6, 6.07) is 4.21. The second-order valence-electron chi connectivity index (χ2n) is 7.66. The molecule has 0 atom stereocenters. The molecule has 0 spiro atoms. The van der Waals surface area contributed by atoms with Gasteiger partial charge in [0.25, 0.3) is 5.91 Å². The highest BCUT2D eigenvalue weighted by Gasteiger charge is 2.28. The fourth-order valence-corrected chi connectivity index (χ4v) is 3.95. The van der Waals surface area contributed by atoms with Gasteiger partial charge in [0.05, 0.1) is 0 Å². The van der Waals surface area contributed by atoms with E-state index in [1.54, 1.807) is 6.20 Å². The smallest absolute Gasteiger partial charge is 0.319 e. The van der Waals surface area contributed by atoms with Gasteiger partial charge in [0, 0.05) is 44.6 Å². The van der Waals surface area contributed by atoms with Gasteiger partial charge in [-0.15, -0.1) is 0 Å². The van der Waals surface area contributed by atoms with Crippen molar-refractivity contribution >= 4 is 17.6 Å². The quantitative estimate of drug-likeness (QED) is 0.884. The molecule has 0 radical (unpaired) electrons. The van der Waals surface area contributed by atoms with Gasteiger partial charge in [-0.3, -0.25) is 4.79 Å². The van der Waals surface area contributed by atoms with E-state index < -0.39 is 0 Å². The van der Waals surface area contributed by atoms with Crippen molar-refractivity contribution in [3.05, 3.63) is 35.8 Å². The largest absolute Gasteiger partial charge is 0.348 e. The van der Waals surface area contributed by atoms with Crippen molar-refractivity contribution in [1.82, 2.24) is 24.5 Å². The van der Waals surface area contributed by atoms with Gasteiger partial charge in [-0.1, -0.05) is 0 Å². The first-order chi connectivity index (χ1) is 13.1. The van der Waals surface area contributed by atoms with Gasteiger partial charge in [0.1, 0.15) is 11.3 Å². The molecule has 3 amide bonds. The lowest BCUT2D eigenvalue weighted by molar-refractivity contribution is 0.0904. The number of carbonyl (C=O) groups excluding carboxylic acids is 2. The highest BCUT2D eigenvalue weighted by atomic mass is 16.2. The Morgan fingerprint density at radius 1 is 1.07 bits per heavy atom. The summed E-state index contributed by atoms with van der Waals surface area (Å²) in [5.41, 5.74) is 2.33. The highest BCUT2D eigenvalue weighted by Crippen LogP contribution is 2.16. The Morgan fingerprint density at radius 2 is 1.78 bits per heavy atom. The number of carbonyl (C=O) groups is 2. The number of hydrogen-bond donors (Lipinski definition) is 1. The number of fused-ring (bicyclic) bond motifs is 1. The number of urea groups is 1. The normalized spacial score (nSPS) is 18.7. The Hall–Kier alpha value is -2.57. The molecule has 0 aromatic carbocycles. The fourth-order valence-electron chi connectivity index (χ4n) is 3.95. The third-order valence-corrected chi connectivity index (χ3v) is 5.58. The summed E-state index contributed by atoms with van der Waals surface area (Å²) in [5, 5.41) is 3.08. The van der Waals surface area contributed by atoms with Crippen LogP contribution in [-0.4, -0.2) is 63.3 Å². The van der Waals surface area contributed by atoms with E-state index in [0.29, 0.717) is 18.8 Å². The maximum absolute atomic E-state index is 12.6. The van der Waals surface area contributed by atoms with Crippen LogP contribution in [0.5, 0.6) is 0 Å². The minimum Gasteiger partial charge on any atom is -0.348 e. The Bertz CT molecular complexity index is 832.